The summed E-state index contributed by atoms with van der Waals surface area (Å²) in [5.41, 5.74) is 2.11. The number of amidine groups is 1. The maximum atomic E-state index is 13.4. The van der Waals surface area contributed by atoms with Gasteiger partial charge in [0.25, 0.3) is 5.91 Å². The molecule has 0 atom stereocenters. The Morgan fingerprint density at radius 3 is 2.18 bits per heavy atom. The second-order valence-electron chi connectivity index (χ2n) is 6.14. The van der Waals surface area contributed by atoms with Gasteiger partial charge < -0.3 is 0 Å². The Balaban J connectivity index is 1.82. The summed E-state index contributed by atoms with van der Waals surface area (Å²) in [6.07, 6.45) is 1.60. The van der Waals surface area contributed by atoms with Crippen molar-refractivity contribution in [3.8, 4) is 0 Å². The van der Waals surface area contributed by atoms with Crippen molar-refractivity contribution in [3.05, 3.63) is 106 Å². The lowest BCUT2D eigenvalue weighted by Gasteiger charge is -2.18. The summed E-state index contributed by atoms with van der Waals surface area (Å²) in [6, 6.07) is 18.9. The molecule has 0 bridgehead atoms. The summed E-state index contributed by atoms with van der Waals surface area (Å²) < 4.78 is 27.3. The highest BCUT2D eigenvalue weighted by Crippen LogP contribution is 2.29. The zero-order chi connectivity index (χ0) is 19.7. The van der Waals surface area contributed by atoms with Crippen LogP contribution in [0.4, 0.5) is 14.5 Å². The van der Waals surface area contributed by atoms with Gasteiger partial charge in [-0.1, -0.05) is 34.1 Å². The number of anilines is 1. The Kier molecular flexibility index (Phi) is 4.88. The van der Waals surface area contributed by atoms with Crippen LogP contribution in [0.15, 0.2) is 88.0 Å². The number of benzene rings is 3. The van der Waals surface area contributed by atoms with E-state index < -0.39 is 0 Å². The van der Waals surface area contributed by atoms with Crippen LogP contribution < -0.4 is 4.90 Å². The fourth-order valence-electron chi connectivity index (χ4n) is 2.88. The van der Waals surface area contributed by atoms with Crippen molar-refractivity contribution < 1.29 is 13.6 Å². The number of halogens is 3. The molecule has 0 saturated carbocycles. The van der Waals surface area contributed by atoms with E-state index in [0.717, 1.165) is 4.47 Å². The maximum absolute atomic E-state index is 13.4. The first-order valence-electron chi connectivity index (χ1n) is 8.43. The SMILES string of the molecule is O=C1/C(=C\c2ccc(F)cc2)N=C(c2ccc(F)cc2)N1c1cccc(Br)c1. The van der Waals surface area contributed by atoms with E-state index >= 15 is 0 Å². The molecule has 3 aromatic carbocycles. The monoisotopic (exact) mass is 438 g/mol. The number of rotatable bonds is 3. The molecule has 0 aromatic heterocycles. The van der Waals surface area contributed by atoms with Crippen LogP contribution in [0, 0.1) is 11.6 Å². The third-order valence-corrected chi connectivity index (χ3v) is 4.70. The predicted octanol–water partition coefficient (Wildman–Crippen LogP) is 5.56. The summed E-state index contributed by atoms with van der Waals surface area (Å²) in [6.45, 7) is 0. The van der Waals surface area contributed by atoms with Crippen molar-refractivity contribution in [3.63, 3.8) is 0 Å². The molecule has 1 aliphatic rings. The molecule has 0 radical (unpaired) electrons. The molecule has 4 rings (SSSR count). The second-order valence-corrected chi connectivity index (χ2v) is 7.06. The summed E-state index contributed by atoms with van der Waals surface area (Å²) in [7, 11) is 0. The molecule has 28 heavy (non-hydrogen) atoms. The van der Waals surface area contributed by atoms with Crippen LogP contribution in [0.25, 0.3) is 6.08 Å². The minimum atomic E-state index is -0.371. The van der Waals surface area contributed by atoms with Crippen molar-refractivity contribution >= 4 is 39.4 Å². The first-order valence-corrected chi connectivity index (χ1v) is 9.22. The molecule has 3 nitrogen and oxygen atoms in total. The van der Waals surface area contributed by atoms with E-state index in [1.54, 1.807) is 42.5 Å². The molecule has 0 spiro atoms. The van der Waals surface area contributed by atoms with Gasteiger partial charge in [0.2, 0.25) is 0 Å². The van der Waals surface area contributed by atoms with Crippen molar-refractivity contribution in [2.75, 3.05) is 4.90 Å². The molecule has 0 fully saturated rings. The summed E-state index contributed by atoms with van der Waals surface area (Å²) in [5.74, 6) is -0.644. The molecular weight excluding hydrogens is 426 g/mol. The maximum Gasteiger partial charge on any atom is 0.282 e. The van der Waals surface area contributed by atoms with Crippen molar-refractivity contribution in [1.82, 2.24) is 0 Å². The molecule has 0 N–H and O–H groups in total. The van der Waals surface area contributed by atoms with Gasteiger partial charge in [0.15, 0.2) is 0 Å². The molecule has 0 aliphatic carbocycles. The summed E-state index contributed by atoms with van der Waals surface area (Å²) >= 11 is 3.41. The van der Waals surface area contributed by atoms with Gasteiger partial charge >= 0.3 is 0 Å². The Morgan fingerprint density at radius 2 is 1.54 bits per heavy atom. The molecule has 1 heterocycles. The topological polar surface area (TPSA) is 32.7 Å². The minimum Gasteiger partial charge on any atom is -0.266 e. The number of carbonyl (C=O) groups is 1. The zero-order valence-corrected chi connectivity index (χ0v) is 16.0. The Bertz CT molecular complexity index is 1110. The summed E-state index contributed by atoms with van der Waals surface area (Å²) in [4.78, 5) is 19.1. The van der Waals surface area contributed by atoms with Gasteiger partial charge in [-0.2, -0.15) is 0 Å². The van der Waals surface area contributed by atoms with E-state index in [0.29, 0.717) is 22.6 Å². The first kappa shape index (κ1) is 18.3. The fourth-order valence-corrected chi connectivity index (χ4v) is 3.27. The number of aliphatic imine (C=N–C) groups is 1. The van der Waals surface area contributed by atoms with Crippen LogP contribution in [0.5, 0.6) is 0 Å². The minimum absolute atomic E-state index is 0.214. The lowest BCUT2D eigenvalue weighted by atomic mass is 10.1. The van der Waals surface area contributed by atoms with Gasteiger partial charge in [-0.15, -0.1) is 0 Å². The molecule has 6 heteroatoms. The smallest absolute Gasteiger partial charge is 0.266 e. The lowest BCUT2D eigenvalue weighted by Crippen LogP contribution is -2.32. The number of hydrogen-bond donors (Lipinski definition) is 0. The van der Waals surface area contributed by atoms with E-state index in [4.69, 9.17) is 0 Å². The predicted molar refractivity (Wildman–Crippen MR) is 109 cm³/mol. The van der Waals surface area contributed by atoms with Gasteiger partial charge in [0, 0.05) is 10.0 Å². The normalized spacial score (nSPS) is 15.2. The lowest BCUT2D eigenvalue weighted by molar-refractivity contribution is -0.113. The van der Waals surface area contributed by atoms with E-state index in [-0.39, 0.29) is 23.2 Å². The van der Waals surface area contributed by atoms with Crippen LogP contribution in [0.2, 0.25) is 0 Å². The van der Waals surface area contributed by atoms with Crippen molar-refractivity contribution in [2.45, 2.75) is 0 Å². The molecule has 138 valence electrons. The molecule has 0 saturated heterocycles. The van der Waals surface area contributed by atoms with Crippen LogP contribution in [0.3, 0.4) is 0 Å². The third-order valence-electron chi connectivity index (χ3n) is 4.20. The van der Waals surface area contributed by atoms with E-state index in [1.807, 2.05) is 12.1 Å². The van der Waals surface area contributed by atoms with E-state index in [2.05, 4.69) is 20.9 Å². The van der Waals surface area contributed by atoms with Gasteiger partial charge in [0.1, 0.15) is 23.2 Å². The molecule has 0 unspecified atom stereocenters. The number of nitrogens with zero attached hydrogens (tertiary/aromatic N) is 2. The molecule has 3 aromatic rings. The van der Waals surface area contributed by atoms with Gasteiger partial charge in [0.05, 0.1) is 5.69 Å². The molecule has 1 amide bonds. The van der Waals surface area contributed by atoms with Crippen LogP contribution in [0.1, 0.15) is 11.1 Å². The Hall–Kier alpha value is -3.12. The van der Waals surface area contributed by atoms with Gasteiger partial charge in [-0.3, -0.25) is 9.69 Å². The third kappa shape index (κ3) is 3.64. The first-order chi connectivity index (χ1) is 13.5. The zero-order valence-electron chi connectivity index (χ0n) is 14.4. The van der Waals surface area contributed by atoms with Gasteiger partial charge in [-0.05, 0) is 66.2 Å². The van der Waals surface area contributed by atoms with Crippen LogP contribution >= 0.6 is 15.9 Å². The average Bonchev–Trinajstić information content (AvgIpc) is 3.00. The highest BCUT2D eigenvalue weighted by Gasteiger charge is 2.32. The molecular formula is C22H13BrF2N2O. The van der Waals surface area contributed by atoms with Crippen molar-refractivity contribution in [1.29, 1.82) is 0 Å². The average molecular weight is 439 g/mol. The highest BCUT2D eigenvalue weighted by atomic mass is 79.9. The largest absolute Gasteiger partial charge is 0.282 e. The van der Waals surface area contributed by atoms with E-state index in [9.17, 15) is 13.6 Å². The van der Waals surface area contributed by atoms with Crippen LogP contribution in [-0.4, -0.2) is 11.7 Å². The number of hydrogen-bond acceptors (Lipinski definition) is 2. The van der Waals surface area contributed by atoms with E-state index in [1.165, 1.54) is 29.2 Å². The Morgan fingerprint density at radius 1 is 0.893 bits per heavy atom. The van der Waals surface area contributed by atoms with Crippen LogP contribution in [-0.2, 0) is 4.79 Å². The quantitative estimate of drug-likeness (QED) is 0.492. The highest BCUT2D eigenvalue weighted by molar-refractivity contribution is 9.10. The number of amides is 1. The number of carbonyl (C=O) groups excluding carboxylic acids is 1. The second kappa shape index (κ2) is 7.48. The fraction of sp³-hybridized carbons (Fsp3) is 0. The standard InChI is InChI=1S/C22H13BrF2N2O/c23-16-2-1-3-19(13-16)27-21(15-6-10-18(25)11-7-15)26-20(22(27)28)12-14-4-8-17(24)9-5-14/h1-13H/b20-12+. The van der Waals surface area contributed by atoms with Gasteiger partial charge in [-0.25, -0.2) is 13.8 Å². The molecule has 1 aliphatic heterocycles. The summed E-state index contributed by atoms with van der Waals surface area (Å²) in [5, 5.41) is 0. The Labute approximate surface area is 168 Å². The van der Waals surface area contributed by atoms with Crippen molar-refractivity contribution in [2.24, 2.45) is 4.99 Å².